The van der Waals surface area contributed by atoms with Crippen molar-refractivity contribution in [2.75, 3.05) is 32.7 Å². The molecule has 2 aromatic carbocycles. The smallest absolute Gasteiger partial charge is 0.310 e. The summed E-state index contributed by atoms with van der Waals surface area (Å²) in [5.41, 5.74) is 6.03. The van der Waals surface area contributed by atoms with Gasteiger partial charge in [0, 0.05) is 43.7 Å². The average Bonchev–Trinajstić information content (AvgIpc) is 3.19. The summed E-state index contributed by atoms with van der Waals surface area (Å²) in [5.74, 6) is 0.388. The second-order valence-corrected chi connectivity index (χ2v) is 12.5. The van der Waals surface area contributed by atoms with Gasteiger partial charge in [0.15, 0.2) is 0 Å². The fourth-order valence-corrected chi connectivity index (χ4v) is 7.82. The van der Waals surface area contributed by atoms with E-state index in [2.05, 4.69) is 66.1 Å². The first kappa shape index (κ1) is 25.2. The number of nitrogens with zero attached hydrogens (tertiary/aromatic N) is 2. The summed E-state index contributed by atoms with van der Waals surface area (Å²) >= 11 is 6.20. The summed E-state index contributed by atoms with van der Waals surface area (Å²) < 4.78 is 6.04. The Hall–Kier alpha value is -2.14. The van der Waals surface area contributed by atoms with Gasteiger partial charge in [-0.3, -0.25) is 14.6 Å². The van der Waals surface area contributed by atoms with Crippen LogP contribution in [0.5, 0.6) is 0 Å². The molecule has 196 valence electrons. The number of hydrogen-bond acceptors (Lipinski definition) is 4. The Morgan fingerprint density at radius 1 is 1.03 bits per heavy atom. The number of hydrogen-bond donors (Lipinski definition) is 0. The zero-order valence-electron chi connectivity index (χ0n) is 22.2. The molecule has 2 aliphatic carbocycles. The predicted octanol–water partition coefficient (Wildman–Crippen LogP) is 6.51. The largest absolute Gasteiger partial charge is 0.462 e. The molecular weight excluding hydrogens is 480 g/mol. The summed E-state index contributed by atoms with van der Waals surface area (Å²) in [5, 5.41) is 0.768. The van der Waals surface area contributed by atoms with E-state index in [4.69, 9.17) is 16.3 Å². The highest BCUT2D eigenvalue weighted by atomic mass is 35.5. The molecule has 1 saturated carbocycles. The van der Waals surface area contributed by atoms with Gasteiger partial charge >= 0.3 is 5.97 Å². The molecule has 6 rings (SSSR count). The predicted molar refractivity (Wildman–Crippen MR) is 149 cm³/mol. The second-order valence-electron chi connectivity index (χ2n) is 12.0. The number of esters is 1. The molecule has 2 aliphatic heterocycles. The topological polar surface area (TPSA) is 32.8 Å². The van der Waals surface area contributed by atoms with E-state index < -0.39 is 0 Å². The van der Waals surface area contributed by atoms with Gasteiger partial charge in [-0.1, -0.05) is 72.1 Å². The van der Waals surface area contributed by atoms with Gasteiger partial charge in [0.1, 0.15) is 6.10 Å². The van der Waals surface area contributed by atoms with E-state index in [1.54, 1.807) is 11.1 Å². The number of rotatable bonds is 5. The maximum absolute atomic E-state index is 13.1. The van der Waals surface area contributed by atoms with Crippen molar-refractivity contribution in [2.24, 2.45) is 17.3 Å². The highest BCUT2D eigenvalue weighted by Gasteiger charge is 2.53. The maximum Gasteiger partial charge on any atom is 0.310 e. The van der Waals surface area contributed by atoms with Crippen LogP contribution in [-0.2, 0) is 9.53 Å². The standard InChI is InChI=1S/C32H39ClN2O2/c1-22-7-6-14-32(2)20-29-26(19-28(22)32)27(31(36)37-29)21-34-15-17-35(18-16-34)30(23-8-4-3-5-9-23)24-10-12-25(33)13-11-24/h3-5,8-13,26-27,29-30H,6-7,14-21H2,1-2H3/t26-,27+,29+,30-,32+/m0/s1. The lowest BCUT2D eigenvalue weighted by Crippen LogP contribution is -2.50. The van der Waals surface area contributed by atoms with E-state index in [9.17, 15) is 4.79 Å². The number of piperazine rings is 1. The van der Waals surface area contributed by atoms with Crippen molar-refractivity contribution in [2.45, 2.75) is 58.1 Å². The minimum atomic E-state index is 0.00418. The first-order chi connectivity index (χ1) is 17.9. The summed E-state index contributed by atoms with van der Waals surface area (Å²) in [6.45, 7) is 9.44. The molecule has 2 heterocycles. The molecule has 0 aromatic heterocycles. The molecule has 0 unspecified atom stereocenters. The quantitative estimate of drug-likeness (QED) is 0.334. The van der Waals surface area contributed by atoms with Crippen LogP contribution < -0.4 is 0 Å². The zero-order chi connectivity index (χ0) is 25.6. The molecule has 5 heteroatoms. The molecule has 3 fully saturated rings. The molecular formula is C32H39ClN2O2. The molecule has 4 nitrogen and oxygen atoms in total. The number of benzene rings is 2. The van der Waals surface area contributed by atoms with Gasteiger partial charge in [-0.15, -0.1) is 0 Å². The van der Waals surface area contributed by atoms with Crippen molar-refractivity contribution in [3.63, 3.8) is 0 Å². The lowest BCUT2D eigenvalue weighted by atomic mass is 9.59. The third-order valence-corrected chi connectivity index (χ3v) is 9.96. The van der Waals surface area contributed by atoms with Crippen molar-refractivity contribution in [1.82, 2.24) is 9.80 Å². The van der Waals surface area contributed by atoms with Crippen molar-refractivity contribution < 1.29 is 9.53 Å². The van der Waals surface area contributed by atoms with Gasteiger partial charge in [-0.25, -0.2) is 0 Å². The third kappa shape index (κ3) is 4.89. The van der Waals surface area contributed by atoms with E-state index in [-0.39, 0.29) is 29.4 Å². The minimum absolute atomic E-state index is 0.00418. The zero-order valence-corrected chi connectivity index (χ0v) is 22.9. The molecule has 0 N–H and O–H groups in total. The number of fused-ring (bicyclic) bond motifs is 2. The molecule has 5 atom stereocenters. The normalized spacial score (nSPS) is 31.5. The maximum atomic E-state index is 13.1. The number of allylic oxidation sites excluding steroid dienone is 2. The lowest BCUT2D eigenvalue weighted by molar-refractivity contribution is -0.145. The SMILES string of the molecule is CC1=C2C[C@@H]3[C@@H](C[C@@]2(C)CCC1)OC(=O)[C@@H]3CN1CCN([C@@H](c2ccccc2)c2ccc(Cl)cc2)CC1. The van der Waals surface area contributed by atoms with Crippen molar-refractivity contribution in [3.05, 3.63) is 81.9 Å². The molecule has 37 heavy (non-hydrogen) atoms. The summed E-state index contributed by atoms with van der Waals surface area (Å²) in [6, 6.07) is 19.3. The van der Waals surface area contributed by atoms with Gasteiger partial charge in [-0.05, 0) is 67.7 Å². The molecule has 0 radical (unpaired) electrons. The van der Waals surface area contributed by atoms with Crippen molar-refractivity contribution in [3.8, 4) is 0 Å². The van der Waals surface area contributed by atoms with Crippen LogP contribution in [0.1, 0.15) is 63.1 Å². The molecule has 0 amide bonds. The number of ether oxygens (including phenoxy) is 1. The van der Waals surface area contributed by atoms with E-state index >= 15 is 0 Å². The Morgan fingerprint density at radius 2 is 1.73 bits per heavy atom. The lowest BCUT2D eigenvalue weighted by Gasteiger charge is -2.46. The average molecular weight is 519 g/mol. The highest BCUT2D eigenvalue weighted by molar-refractivity contribution is 6.30. The van der Waals surface area contributed by atoms with Gasteiger partial charge in [-0.2, -0.15) is 0 Å². The Bertz CT molecular complexity index is 1160. The fourth-order valence-electron chi connectivity index (χ4n) is 7.70. The van der Waals surface area contributed by atoms with Crippen LogP contribution in [0, 0.1) is 17.3 Å². The van der Waals surface area contributed by atoms with Crippen LogP contribution in [-0.4, -0.2) is 54.6 Å². The first-order valence-electron chi connectivity index (χ1n) is 14.1. The van der Waals surface area contributed by atoms with Gasteiger partial charge in [0.25, 0.3) is 0 Å². The van der Waals surface area contributed by atoms with E-state index in [0.717, 1.165) is 50.6 Å². The van der Waals surface area contributed by atoms with Crippen LogP contribution in [0.3, 0.4) is 0 Å². The summed E-state index contributed by atoms with van der Waals surface area (Å²) in [4.78, 5) is 18.2. The fraction of sp³-hybridized carbons (Fsp3) is 0.531. The second kappa shape index (κ2) is 10.2. The van der Waals surface area contributed by atoms with E-state index in [1.165, 1.54) is 30.4 Å². The Morgan fingerprint density at radius 3 is 2.46 bits per heavy atom. The molecule has 2 aromatic rings. The number of halogens is 1. The Balaban J connectivity index is 1.14. The molecule has 2 saturated heterocycles. The van der Waals surface area contributed by atoms with Crippen LogP contribution in [0.25, 0.3) is 0 Å². The summed E-state index contributed by atoms with van der Waals surface area (Å²) in [6.07, 6.45) is 5.90. The first-order valence-corrected chi connectivity index (χ1v) is 14.5. The molecule has 0 spiro atoms. The van der Waals surface area contributed by atoms with Gasteiger partial charge in [0.05, 0.1) is 12.0 Å². The van der Waals surface area contributed by atoms with Crippen LogP contribution in [0.15, 0.2) is 65.7 Å². The van der Waals surface area contributed by atoms with Crippen LogP contribution >= 0.6 is 11.6 Å². The van der Waals surface area contributed by atoms with E-state index in [0.29, 0.717) is 5.92 Å². The number of carbonyl (C=O) groups excluding carboxylic acids is 1. The van der Waals surface area contributed by atoms with Crippen LogP contribution in [0.4, 0.5) is 0 Å². The monoisotopic (exact) mass is 518 g/mol. The Labute approximate surface area is 226 Å². The molecule has 0 bridgehead atoms. The van der Waals surface area contributed by atoms with Crippen LogP contribution in [0.2, 0.25) is 5.02 Å². The van der Waals surface area contributed by atoms with E-state index in [1.807, 2.05) is 12.1 Å². The number of carbonyl (C=O) groups is 1. The highest BCUT2D eigenvalue weighted by Crippen LogP contribution is 2.55. The van der Waals surface area contributed by atoms with Gasteiger partial charge < -0.3 is 4.74 Å². The third-order valence-electron chi connectivity index (χ3n) is 9.71. The molecule has 4 aliphatic rings. The van der Waals surface area contributed by atoms with Crippen molar-refractivity contribution in [1.29, 1.82) is 0 Å². The summed E-state index contributed by atoms with van der Waals surface area (Å²) in [7, 11) is 0. The van der Waals surface area contributed by atoms with Gasteiger partial charge in [0.2, 0.25) is 0 Å². The minimum Gasteiger partial charge on any atom is -0.462 e. The Kier molecular flexibility index (Phi) is 6.94. The van der Waals surface area contributed by atoms with Crippen molar-refractivity contribution >= 4 is 17.6 Å².